The Hall–Kier alpha value is -0.560. The van der Waals surface area contributed by atoms with E-state index in [4.69, 9.17) is 0 Å². The summed E-state index contributed by atoms with van der Waals surface area (Å²) in [6.45, 7) is 6.34. The van der Waals surface area contributed by atoms with E-state index in [2.05, 4.69) is 32.1 Å². The van der Waals surface area contributed by atoms with E-state index in [0.717, 1.165) is 38.5 Å². The molecule has 0 aliphatic heterocycles. The van der Waals surface area contributed by atoms with Crippen molar-refractivity contribution >= 4 is 0 Å². The zero-order chi connectivity index (χ0) is 12.0. The molecular weight excluding hydrogens is 196 g/mol. The van der Waals surface area contributed by atoms with E-state index in [-0.39, 0.29) is 0 Å². The van der Waals surface area contributed by atoms with Gasteiger partial charge in [0.2, 0.25) is 0 Å². The van der Waals surface area contributed by atoms with Crippen molar-refractivity contribution in [1.82, 2.24) is 0 Å². The Bertz CT molecular complexity index is 265. The number of aliphatic hydroxyl groups is 1. The van der Waals surface area contributed by atoms with Crippen LogP contribution in [0.3, 0.4) is 0 Å². The van der Waals surface area contributed by atoms with Gasteiger partial charge in [0.05, 0.1) is 5.60 Å². The van der Waals surface area contributed by atoms with Crippen molar-refractivity contribution in [3.63, 3.8) is 0 Å². The molecule has 0 aromatic carbocycles. The Morgan fingerprint density at radius 3 is 2.88 bits per heavy atom. The maximum Gasteiger partial charge on any atom is 0.0679 e. The molecule has 16 heavy (non-hydrogen) atoms. The van der Waals surface area contributed by atoms with Crippen molar-refractivity contribution in [3.8, 4) is 0 Å². The largest absolute Gasteiger partial charge is 0.390 e. The molecule has 0 fully saturated rings. The molecule has 1 rings (SSSR count). The molecular formula is C15H26O. The van der Waals surface area contributed by atoms with Crippen molar-refractivity contribution < 1.29 is 5.11 Å². The van der Waals surface area contributed by atoms with E-state index in [1.807, 2.05) is 6.92 Å². The summed E-state index contributed by atoms with van der Waals surface area (Å²) in [6, 6.07) is 0. The smallest absolute Gasteiger partial charge is 0.0679 e. The van der Waals surface area contributed by atoms with Gasteiger partial charge in [-0.1, -0.05) is 30.7 Å². The molecule has 1 heteroatoms. The summed E-state index contributed by atoms with van der Waals surface area (Å²) in [7, 11) is 0. The van der Waals surface area contributed by atoms with Crippen LogP contribution in [0, 0.1) is 5.92 Å². The van der Waals surface area contributed by atoms with E-state index in [9.17, 15) is 5.11 Å². The van der Waals surface area contributed by atoms with Gasteiger partial charge in [-0.05, 0) is 58.3 Å². The zero-order valence-electron chi connectivity index (χ0n) is 11.0. The van der Waals surface area contributed by atoms with Gasteiger partial charge in [-0.3, -0.25) is 0 Å². The molecule has 0 spiro atoms. The lowest BCUT2D eigenvalue weighted by molar-refractivity contribution is -0.0336. The van der Waals surface area contributed by atoms with Crippen LogP contribution >= 0.6 is 0 Å². The predicted octanol–water partition coefficient (Wildman–Crippen LogP) is 4.23. The van der Waals surface area contributed by atoms with Gasteiger partial charge >= 0.3 is 0 Å². The van der Waals surface area contributed by atoms with Crippen molar-refractivity contribution in [3.05, 3.63) is 23.8 Å². The second-order valence-electron chi connectivity index (χ2n) is 5.09. The SMILES string of the molecule is C/C=C/CCC(O)(CC)C1CCC=C(C)C1. The first kappa shape index (κ1) is 13.5. The number of rotatable bonds is 5. The first-order valence-electron chi connectivity index (χ1n) is 6.61. The van der Waals surface area contributed by atoms with Crippen molar-refractivity contribution in [2.45, 2.75) is 64.9 Å². The molecule has 0 aromatic heterocycles. The third-order valence-corrected chi connectivity index (χ3v) is 3.93. The van der Waals surface area contributed by atoms with Crippen LogP contribution in [0.25, 0.3) is 0 Å². The Balaban J connectivity index is 2.60. The van der Waals surface area contributed by atoms with Gasteiger partial charge in [0.25, 0.3) is 0 Å². The van der Waals surface area contributed by atoms with E-state index in [0.29, 0.717) is 5.92 Å². The van der Waals surface area contributed by atoms with Crippen LogP contribution in [-0.4, -0.2) is 10.7 Å². The molecule has 1 nitrogen and oxygen atoms in total. The van der Waals surface area contributed by atoms with Gasteiger partial charge in [0.1, 0.15) is 0 Å². The highest BCUT2D eigenvalue weighted by Crippen LogP contribution is 2.37. The van der Waals surface area contributed by atoms with Gasteiger partial charge in [0, 0.05) is 0 Å². The van der Waals surface area contributed by atoms with Crippen molar-refractivity contribution in [2.75, 3.05) is 0 Å². The fourth-order valence-electron chi connectivity index (χ4n) is 2.73. The molecule has 0 amide bonds. The van der Waals surface area contributed by atoms with Crippen LogP contribution in [0.15, 0.2) is 23.8 Å². The molecule has 2 atom stereocenters. The van der Waals surface area contributed by atoms with Crippen LogP contribution < -0.4 is 0 Å². The number of hydrogen-bond acceptors (Lipinski definition) is 1. The molecule has 1 aliphatic rings. The minimum absolute atomic E-state index is 0.449. The zero-order valence-corrected chi connectivity index (χ0v) is 11.0. The fraction of sp³-hybridized carbons (Fsp3) is 0.733. The minimum Gasteiger partial charge on any atom is -0.390 e. The molecule has 2 unspecified atom stereocenters. The lowest BCUT2D eigenvalue weighted by atomic mass is 9.73. The van der Waals surface area contributed by atoms with Crippen LogP contribution in [0.5, 0.6) is 0 Å². The summed E-state index contributed by atoms with van der Waals surface area (Å²) in [4.78, 5) is 0. The highest BCUT2D eigenvalue weighted by molar-refractivity contribution is 5.07. The highest BCUT2D eigenvalue weighted by Gasteiger charge is 2.34. The molecule has 0 radical (unpaired) electrons. The number of hydrogen-bond donors (Lipinski definition) is 1. The molecule has 1 aliphatic carbocycles. The summed E-state index contributed by atoms with van der Waals surface area (Å²) in [5.74, 6) is 0.466. The van der Waals surface area contributed by atoms with Crippen molar-refractivity contribution in [1.29, 1.82) is 0 Å². The Kier molecular flexibility index (Phi) is 5.27. The maximum atomic E-state index is 10.7. The van der Waals surface area contributed by atoms with Crippen molar-refractivity contribution in [2.24, 2.45) is 5.92 Å². The maximum absolute atomic E-state index is 10.7. The Morgan fingerprint density at radius 1 is 1.56 bits per heavy atom. The average Bonchev–Trinajstić information content (AvgIpc) is 2.29. The lowest BCUT2D eigenvalue weighted by Crippen LogP contribution is -2.38. The Labute approximate surface area is 100 Å². The lowest BCUT2D eigenvalue weighted by Gasteiger charge is -2.37. The molecule has 1 N–H and O–H groups in total. The van der Waals surface area contributed by atoms with E-state index < -0.39 is 5.60 Å². The summed E-state index contributed by atoms with van der Waals surface area (Å²) in [5, 5.41) is 10.7. The molecule has 92 valence electrons. The normalized spacial score (nSPS) is 25.5. The molecule has 0 saturated heterocycles. The predicted molar refractivity (Wildman–Crippen MR) is 70.4 cm³/mol. The van der Waals surface area contributed by atoms with Gasteiger partial charge in [-0.25, -0.2) is 0 Å². The standard InChI is InChI=1S/C15H26O/c1-4-6-7-11-15(16,5-2)14-10-8-9-13(3)12-14/h4,6,9,14,16H,5,7-8,10-12H2,1-3H3/b6-4+. The molecule has 0 heterocycles. The summed E-state index contributed by atoms with van der Waals surface area (Å²) >= 11 is 0. The second kappa shape index (κ2) is 6.24. The topological polar surface area (TPSA) is 20.2 Å². The average molecular weight is 222 g/mol. The summed E-state index contributed by atoms with van der Waals surface area (Å²) in [5.41, 5.74) is 1.00. The van der Waals surface area contributed by atoms with Crippen LogP contribution in [-0.2, 0) is 0 Å². The highest BCUT2D eigenvalue weighted by atomic mass is 16.3. The second-order valence-corrected chi connectivity index (χ2v) is 5.09. The van der Waals surface area contributed by atoms with Crippen LogP contribution in [0.1, 0.15) is 59.3 Å². The summed E-state index contributed by atoms with van der Waals surface area (Å²) < 4.78 is 0. The summed E-state index contributed by atoms with van der Waals surface area (Å²) in [6.07, 6.45) is 12.7. The third kappa shape index (κ3) is 3.48. The molecule has 0 bridgehead atoms. The van der Waals surface area contributed by atoms with Crippen LogP contribution in [0.2, 0.25) is 0 Å². The first-order valence-corrected chi connectivity index (χ1v) is 6.61. The third-order valence-electron chi connectivity index (χ3n) is 3.93. The fourth-order valence-corrected chi connectivity index (χ4v) is 2.73. The van der Waals surface area contributed by atoms with E-state index in [1.165, 1.54) is 5.57 Å². The van der Waals surface area contributed by atoms with E-state index >= 15 is 0 Å². The minimum atomic E-state index is -0.449. The van der Waals surface area contributed by atoms with Crippen LogP contribution in [0.4, 0.5) is 0 Å². The monoisotopic (exact) mass is 222 g/mol. The van der Waals surface area contributed by atoms with Gasteiger partial charge < -0.3 is 5.11 Å². The molecule has 0 saturated carbocycles. The Morgan fingerprint density at radius 2 is 2.31 bits per heavy atom. The first-order chi connectivity index (χ1) is 7.62. The van der Waals surface area contributed by atoms with Gasteiger partial charge in [-0.15, -0.1) is 0 Å². The number of allylic oxidation sites excluding steroid dienone is 4. The quantitative estimate of drug-likeness (QED) is 0.690. The van der Waals surface area contributed by atoms with Gasteiger partial charge in [0.15, 0.2) is 0 Å². The van der Waals surface area contributed by atoms with Gasteiger partial charge in [-0.2, -0.15) is 0 Å². The molecule has 0 aromatic rings. The van der Waals surface area contributed by atoms with E-state index in [1.54, 1.807) is 0 Å².